The van der Waals surface area contributed by atoms with Gasteiger partial charge in [0.2, 0.25) is 17.6 Å². The van der Waals surface area contributed by atoms with Gasteiger partial charge in [0, 0.05) is 22.0 Å². The summed E-state index contributed by atoms with van der Waals surface area (Å²) in [7, 11) is 1.63. The van der Waals surface area contributed by atoms with E-state index in [1.54, 1.807) is 7.11 Å². The van der Waals surface area contributed by atoms with E-state index in [1.165, 1.54) is 0 Å². The van der Waals surface area contributed by atoms with Gasteiger partial charge in [-0.05, 0) is 59.3 Å². The molecule has 0 aliphatic carbocycles. The van der Waals surface area contributed by atoms with E-state index in [0.29, 0.717) is 18.1 Å². The first-order chi connectivity index (χ1) is 13.0. The van der Waals surface area contributed by atoms with Crippen molar-refractivity contribution in [3.05, 3.63) is 63.6 Å². The maximum Gasteiger partial charge on any atom is 0.227 e. The van der Waals surface area contributed by atoms with Crippen molar-refractivity contribution in [2.75, 3.05) is 7.11 Å². The first-order valence-corrected chi connectivity index (χ1v) is 9.65. The molecule has 0 aliphatic heterocycles. The Morgan fingerprint density at radius 1 is 1.19 bits per heavy atom. The summed E-state index contributed by atoms with van der Waals surface area (Å²) in [5, 5.41) is 6.96. The second kappa shape index (κ2) is 8.98. The van der Waals surface area contributed by atoms with Crippen LogP contribution in [0.4, 0.5) is 0 Å². The van der Waals surface area contributed by atoms with Crippen LogP contribution in [0.3, 0.4) is 0 Å². The number of methoxy groups -OCH3 is 1. The Balaban J connectivity index is 1.52. The van der Waals surface area contributed by atoms with Gasteiger partial charge >= 0.3 is 0 Å². The van der Waals surface area contributed by atoms with E-state index in [-0.39, 0.29) is 18.4 Å². The SMILES string of the molecule is COc1ccc([C@@H](C)NC(=O)CCc2nc(-c3ccc(I)cc3)no2)cc1. The van der Waals surface area contributed by atoms with Gasteiger partial charge in [-0.25, -0.2) is 0 Å². The summed E-state index contributed by atoms with van der Waals surface area (Å²) in [5.41, 5.74) is 1.91. The molecule has 1 amide bonds. The third kappa shape index (κ3) is 5.29. The molecule has 3 rings (SSSR count). The highest BCUT2D eigenvalue weighted by Gasteiger charge is 2.13. The van der Waals surface area contributed by atoms with Crippen LogP contribution in [0.25, 0.3) is 11.4 Å². The van der Waals surface area contributed by atoms with Gasteiger partial charge in [-0.15, -0.1) is 0 Å². The number of amides is 1. The molecule has 1 aromatic heterocycles. The summed E-state index contributed by atoms with van der Waals surface area (Å²) in [6, 6.07) is 15.4. The Hall–Kier alpha value is -2.42. The van der Waals surface area contributed by atoms with Crippen LogP contribution in [0.5, 0.6) is 5.75 Å². The standard InChI is InChI=1S/C20H20IN3O3/c1-13(14-5-9-17(26-2)10-6-14)22-18(25)11-12-19-23-20(24-27-19)15-3-7-16(21)8-4-15/h3-10,13H,11-12H2,1-2H3,(H,22,25)/t13-/m1/s1. The Labute approximate surface area is 171 Å². The first kappa shape index (κ1) is 19.3. The number of hydrogen-bond acceptors (Lipinski definition) is 5. The minimum Gasteiger partial charge on any atom is -0.497 e. The molecule has 1 N–H and O–H groups in total. The largest absolute Gasteiger partial charge is 0.497 e. The third-order valence-corrected chi connectivity index (χ3v) is 4.85. The van der Waals surface area contributed by atoms with Crippen molar-refractivity contribution in [1.29, 1.82) is 0 Å². The highest BCUT2D eigenvalue weighted by molar-refractivity contribution is 14.1. The highest BCUT2D eigenvalue weighted by atomic mass is 127. The summed E-state index contributed by atoms with van der Waals surface area (Å²) < 4.78 is 11.5. The van der Waals surface area contributed by atoms with E-state index < -0.39 is 0 Å². The lowest BCUT2D eigenvalue weighted by atomic mass is 10.1. The minimum atomic E-state index is -0.0894. The van der Waals surface area contributed by atoms with Crippen molar-refractivity contribution in [3.63, 3.8) is 0 Å². The second-order valence-electron chi connectivity index (χ2n) is 6.08. The number of ether oxygens (including phenoxy) is 1. The van der Waals surface area contributed by atoms with Crippen molar-refractivity contribution in [3.8, 4) is 17.1 Å². The monoisotopic (exact) mass is 477 g/mol. The van der Waals surface area contributed by atoms with Crippen LogP contribution >= 0.6 is 22.6 Å². The molecular formula is C20H20IN3O3. The molecular weight excluding hydrogens is 457 g/mol. The zero-order chi connectivity index (χ0) is 19.2. The van der Waals surface area contributed by atoms with Gasteiger partial charge in [0.25, 0.3) is 0 Å². The van der Waals surface area contributed by atoms with Gasteiger partial charge in [0.15, 0.2) is 0 Å². The number of hydrogen-bond donors (Lipinski definition) is 1. The van der Waals surface area contributed by atoms with E-state index in [1.807, 2.05) is 55.5 Å². The smallest absolute Gasteiger partial charge is 0.227 e. The van der Waals surface area contributed by atoms with Crippen LogP contribution in [0.2, 0.25) is 0 Å². The van der Waals surface area contributed by atoms with Crippen LogP contribution in [0.15, 0.2) is 53.1 Å². The quantitative estimate of drug-likeness (QED) is 0.518. The normalized spacial score (nSPS) is 11.8. The van der Waals surface area contributed by atoms with Gasteiger partial charge in [-0.2, -0.15) is 4.98 Å². The number of rotatable bonds is 7. The summed E-state index contributed by atoms with van der Waals surface area (Å²) in [6.45, 7) is 1.95. The minimum absolute atomic E-state index is 0.0627. The molecule has 0 fully saturated rings. The van der Waals surface area contributed by atoms with E-state index in [9.17, 15) is 4.79 Å². The van der Waals surface area contributed by atoms with E-state index >= 15 is 0 Å². The molecule has 0 saturated heterocycles. The number of benzene rings is 2. The molecule has 140 valence electrons. The van der Waals surface area contributed by atoms with Gasteiger partial charge in [-0.1, -0.05) is 29.4 Å². The molecule has 27 heavy (non-hydrogen) atoms. The highest BCUT2D eigenvalue weighted by Crippen LogP contribution is 2.19. The van der Waals surface area contributed by atoms with Crippen molar-refractivity contribution in [2.24, 2.45) is 0 Å². The van der Waals surface area contributed by atoms with E-state index in [2.05, 4.69) is 38.0 Å². The molecule has 2 aromatic carbocycles. The fraction of sp³-hybridized carbons (Fsp3) is 0.250. The lowest BCUT2D eigenvalue weighted by molar-refractivity contribution is -0.121. The Morgan fingerprint density at radius 2 is 1.89 bits per heavy atom. The summed E-state index contributed by atoms with van der Waals surface area (Å²) in [6.07, 6.45) is 0.688. The van der Waals surface area contributed by atoms with E-state index in [0.717, 1.165) is 20.4 Å². The molecule has 0 spiro atoms. The molecule has 6 nitrogen and oxygen atoms in total. The number of nitrogens with one attached hydrogen (secondary N) is 1. The number of carbonyl (C=O) groups excluding carboxylic acids is 1. The van der Waals surface area contributed by atoms with Gasteiger partial charge in [-0.3, -0.25) is 4.79 Å². The van der Waals surface area contributed by atoms with Gasteiger partial charge < -0.3 is 14.6 Å². The number of aryl methyl sites for hydroxylation is 1. The van der Waals surface area contributed by atoms with Gasteiger partial charge in [0.05, 0.1) is 13.2 Å². The maximum absolute atomic E-state index is 12.2. The zero-order valence-corrected chi connectivity index (χ0v) is 17.3. The topological polar surface area (TPSA) is 77.2 Å². The number of nitrogens with zero attached hydrogens (tertiary/aromatic N) is 2. The Morgan fingerprint density at radius 3 is 2.56 bits per heavy atom. The zero-order valence-electron chi connectivity index (χ0n) is 15.1. The summed E-state index contributed by atoms with van der Waals surface area (Å²) in [4.78, 5) is 16.6. The van der Waals surface area contributed by atoms with Crippen molar-refractivity contribution in [2.45, 2.75) is 25.8 Å². The molecule has 0 unspecified atom stereocenters. The average Bonchev–Trinajstić information content (AvgIpc) is 3.16. The van der Waals surface area contributed by atoms with Crippen LogP contribution < -0.4 is 10.1 Å². The fourth-order valence-corrected chi connectivity index (χ4v) is 2.94. The maximum atomic E-state index is 12.2. The second-order valence-corrected chi connectivity index (χ2v) is 7.33. The number of halogens is 1. The van der Waals surface area contributed by atoms with Crippen LogP contribution in [-0.4, -0.2) is 23.2 Å². The fourth-order valence-electron chi connectivity index (χ4n) is 2.58. The molecule has 1 atom stereocenters. The van der Waals surface area contributed by atoms with Crippen LogP contribution in [-0.2, 0) is 11.2 Å². The summed E-state index contributed by atoms with van der Waals surface area (Å²) in [5.74, 6) is 1.72. The van der Waals surface area contributed by atoms with Crippen molar-refractivity contribution >= 4 is 28.5 Å². The lowest BCUT2D eigenvalue weighted by Crippen LogP contribution is -2.26. The third-order valence-electron chi connectivity index (χ3n) is 4.13. The molecule has 3 aromatic rings. The molecule has 7 heteroatoms. The predicted molar refractivity (Wildman–Crippen MR) is 110 cm³/mol. The van der Waals surface area contributed by atoms with Gasteiger partial charge in [0.1, 0.15) is 5.75 Å². The van der Waals surface area contributed by atoms with Crippen LogP contribution in [0, 0.1) is 3.57 Å². The number of aromatic nitrogens is 2. The van der Waals surface area contributed by atoms with Crippen molar-refractivity contribution < 1.29 is 14.1 Å². The summed E-state index contributed by atoms with van der Waals surface area (Å²) >= 11 is 2.24. The predicted octanol–water partition coefficient (Wildman–Crippen LogP) is 4.16. The number of carbonyl (C=O) groups is 1. The van der Waals surface area contributed by atoms with Crippen molar-refractivity contribution in [1.82, 2.24) is 15.5 Å². The first-order valence-electron chi connectivity index (χ1n) is 8.57. The lowest BCUT2D eigenvalue weighted by Gasteiger charge is -2.14. The Kier molecular flexibility index (Phi) is 6.44. The molecule has 1 heterocycles. The van der Waals surface area contributed by atoms with Crippen LogP contribution in [0.1, 0.15) is 30.8 Å². The molecule has 0 radical (unpaired) electrons. The molecule has 0 bridgehead atoms. The average molecular weight is 477 g/mol. The Bertz CT molecular complexity index is 892. The molecule has 0 aliphatic rings. The molecule has 0 saturated carbocycles. The van der Waals surface area contributed by atoms with E-state index in [4.69, 9.17) is 9.26 Å².